The van der Waals surface area contributed by atoms with E-state index in [0.29, 0.717) is 11.4 Å². The molecule has 0 spiro atoms. The molecule has 2 rings (SSSR count). The zero-order valence-corrected chi connectivity index (χ0v) is 12.7. The SMILES string of the molecule is Cc1cc(Br)ccc1NC(=O)NCc1ccc(C(=O)O)o1. The van der Waals surface area contributed by atoms with Crippen molar-refractivity contribution < 1.29 is 19.1 Å². The largest absolute Gasteiger partial charge is 0.475 e. The topological polar surface area (TPSA) is 91.6 Å². The van der Waals surface area contributed by atoms with Crippen LogP contribution in [0.25, 0.3) is 0 Å². The Balaban J connectivity index is 1.91. The van der Waals surface area contributed by atoms with E-state index in [4.69, 9.17) is 9.52 Å². The summed E-state index contributed by atoms with van der Waals surface area (Å²) in [6, 6.07) is 7.96. The number of benzene rings is 1. The first-order valence-electron chi connectivity index (χ1n) is 6.08. The van der Waals surface area contributed by atoms with Gasteiger partial charge in [-0.3, -0.25) is 0 Å². The predicted octanol–water partition coefficient (Wildman–Crippen LogP) is 3.37. The summed E-state index contributed by atoms with van der Waals surface area (Å²) in [5.41, 5.74) is 1.62. The van der Waals surface area contributed by atoms with Crippen molar-refractivity contribution in [3.05, 3.63) is 51.9 Å². The van der Waals surface area contributed by atoms with E-state index in [1.165, 1.54) is 12.1 Å². The molecule has 110 valence electrons. The van der Waals surface area contributed by atoms with Gasteiger partial charge in [-0.05, 0) is 42.8 Å². The van der Waals surface area contributed by atoms with Gasteiger partial charge in [-0.25, -0.2) is 9.59 Å². The number of rotatable bonds is 4. The van der Waals surface area contributed by atoms with E-state index in [9.17, 15) is 9.59 Å². The summed E-state index contributed by atoms with van der Waals surface area (Å²) in [4.78, 5) is 22.4. The van der Waals surface area contributed by atoms with E-state index in [-0.39, 0.29) is 12.3 Å². The number of carboxylic acid groups (broad SMARTS) is 1. The summed E-state index contributed by atoms with van der Waals surface area (Å²) in [6.07, 6.45) is 0. The summed E-state index contributed by atoms with van der Waals surface area (Å²) in [5.74, 6) is -0.928. The third kappa shape index (κ3) is 4.09. The number of nitrogens with one attached hydrogen (secondary N) is 2. The van der Waals surface area contributed by atoms with Gasteiger partial charge in [0.1, 0.15) is 5.76 Å². The number of hydrogen-bond donors (Lipinski definition) is 3. The predicted molar refractivity (Wildman–Crippen MR) is 80.4 cm³/mol. The molecule has 0 saturated heterocycles. The van der Waals surface area contributed by atoms with E-state index in [1.54, 1.807) is 6.07 Å². The summed E-state index contributed by atoms with van der Waals surface area (Å²) in [6.45, 7) is 1.99. The summed E-state index contributed by atoms with van der Waals surface area (Å²) in [5, 5.41) is 14.0. The van der Waals surface area contributed by atoms with E-state index in [2.05, 4.69) is 26.6 Å². The van der Waals surface area contributed by atoms with Gasteiger partial charge in [0.15, 0.2) is 0 Å². The second-order valence-corrected chi connectivity index (χ2v) is 5.25. The molecular weight excluding hydrogens is 340 g/mol. The minimum atomic E-state index is -1.14. The zero-order valence-electron chi connectivity index (χ0n) is 11.1. The van der Waals surface area contributed by atoms with Crippen LogP contribution in [0.5, 0.6) is 0 Å². The van der Waals surface area contributed by atoms with Gasteiger partial charge in [-0.1, -0.05) is 15.9 Å². The average molecular weight is 353 g/mol. The molecule has 0 aliphatic heterocycles. The van der Waals surface area contributed by atoms with Crippen molar-refractivity contribution >= 4 is 33.6 Å². The molecule has 21 heavy (non-hydrogen) atoms. The van der Waals surface area contributed by atoms with Crippen molar-refractivity contribution in [1.82, 2.24) is 5.32 Å². The Morgan fingerprint density at radius 1 is 1.29 bits per heavy atom. The van der Waals surface area contributed by atoms with Crippen molar-refractivity contribution in [2.75, 3.05) is 5.32 Å². The Labute approximate surface area is 129 Å². The van der Waals surface area contributed by atoms with Crippen LogP contribution in [-0.2, 0) is 6.54 Å². The van der Waals surface area contributed by atoms with Crippen LogP contribution in [0.3, 0.4) is 0 Å². The Morgan fingerprint density at radius 2 is 2.05 bits per heavy atom. The van der Waals surface area contributed by atoms with Gasteiger partial charge in [-0.15, -0.1) is 0 Å². The van der Waals surface area contributed by atoms with Gasteiger partial charge in [0, 0.05) is 10.2 Å². The molecule has 0 fully saturated rings. The summed E-state index contributed by atoms with van der Waals surface area (Å²) in [7, 11) is 0. The smallest absolute Gasteiger partial charge is 0.371 e. The maximum atomic E-state index is 11.8. The molecule has 3 N–H and O–H groups in total. The molecule has 2 aromatic rings. The molecule has 1 aromatic carbocycles. The number of amides is 2. The number of aryl methyl sites for hydroxylation is 1. The fraction of sp³-hybridized carbons (Fsp3) is 0.143. The van der Waals surface area contributed by atoms with Gasteiger partial charge in [0.25, 0.3) is 0 Å². The lowest BCUT2D eigenvalue weighted by molar-refractivity contribution is 0.0660. The van der Waals surface area contributed by atoms with Gasteiger partial charge in [0.05, 0.1) is 6.54 Å². The molecule has 0 unspecified atom stereocenters. The molecule has 0 aliphatic rings. The lowest BCUT2D eigenvalue weighted by Crippen LogP contribution is -2.28. The standard InChI is InChI=1S/C14H13BrN2O4/c1-8-6-9(15)2-4-11(8)17-14(20)16-7-10-3-5-12(21-10)13(18)19/h2-6H,7H2,1H3,(H,18,19)(H2,16,17,20). The van der Waals surface area contributed by atoms with Crippen molar-refractivity contribution in [3.63, 3.8) is 0 Å². The van der Waals surface area contributed by atoms with E-state index in [1.807, 2.05) is 19.1 Å². The second kappa shape index (κ2) is 6.45. The maximum Gasteiger partial charge on any atom is 0.371 e. The number of carboxylic acids is 1. The molecule has 1 heterocycles. The quantitative estimate of drug-likeness (QED) is 0.786. The third-order valence-corrected chi connectivity index (χ3v) is 3.23. The number of aromatic carboxylic acids is 1. The lowest BCUT2D eigenvalue weighted by atomic mass is 10.2. The fourth-order valence-corrected chi connectivity index (χ4v) is 2.16. The molecule has 2 amide bonds. The molecular formula is C14H13BrN2O4. The Morgan fingerprint density at radius 3 is 2.67 bits per heavy atom. The normalized spacial score (nSPS) is 10.2. The highest BCUT2D eigenvalue weighted by Crippen LogP contribution is 2.19. The first-order chi connectivity index (χ1) is 9.95. The van der Waals surface area contributed by atoms with Crippen molar-refractivity contribution in [3.8, 4) is 0 Å². The minimum absolute atomic E-state index is 0.106. The zero-order chi connectivity index (χ0) is 15.4. The van der Waals surface area contributed by atoms with Crippen LogP contribution < -0.4 is 10.6 Å². The number of urea groups is 1. The molecule has 7 heteroatoms. The molecule has 0 radical (unpaired) electrons. The molecule has 6 nitrogen and oxygen atoms in total. The number of hydrogen-bond acceptors (Lipinski definition) is 3. The Bertz CT molecular complexity index is 681. The Kier molecular flexibility index (Phi) is 4.64. The number of carbonyl (C=O) groups excluding carboxylic acids is 1. The fourth-order valence-electron chi connectivity index (χ4n) is 1.69. The summed E-state index contributed by atoms with van der Waals surface area (Å²) < 4.78 is 5.97. The van der Waals surface area contributed by atoms with Gasteiger partial charge in [-0.2, -0.15) is 0 Å². The van der Waals surface area contributed by atoms with E-state index >= 15 is 0 Å². The lowest BCUT2D eigenvalue weighted by Gasteiger charge is -2.09. The number of carbonyl (C=O) groups is 2. The molecule has 0 saturated carbocycles. The van der Waals surface area contributed by atoms with Crippen LogP contribution in [0.2, 0.25) is 0 Å². The first kappa shape index (κ1) is 15.1. The van der Waals surface area contributed by atoms with Crippen LogP contribution in [0.4, 0.5) is 10.5 Å². The third-order valence-electron chi connectivity index (χ3n) is 2.73. The van der Waals surface area contributed by atoms with Crippen LogP contribution in [0.15, 0.2) is 39.2 Å². The van der Waals surface area contributed by atoms with Crippen LogP contribution in [0.1, 0.15) is 21.9 Å². The van der Waals surface area contributed by atoms with Gasteiger partial charge >= 0.3 is 12.0 Å². The van der Waals surface area contributed by atoms with Crippen LogP contribution in [0, 0.1) is 6.92 Å². The Hall–Kier alpha value is -2.28. The molecule has 0 bridgehead atoms. The monoisotopic (exact) mass is 352 g/mol. The first-order valence-corrected chi connectivity index (χ1v) is 6.88. The van der Waals surface area contributed by atoms with Gasteiger partial charge < -0.3 is 20.2 Å². The average Bonchev–Trinajstić information content (AvgIpc) is 2.89. The number of anilines is 1. The highest BCUT2D eigenvalue weighted by atomic mass is 79.9. The van der Waals surface area contributed by atoms with Crippen molar-refractivity contribution in [2.45, 2.75) is 13.5 Å². The molecule has 0 aliphatic carbocycles. The van der Waals surface area contributed by atoms with Crippen molar-refractivity contribution in [2.24, 2.45) is 0 Å². The van der Waals surface area contributed by atoms with Crippen LogP contribution in [-0.4, -0.2) is 17.1 Å². The van der Waals surface area contributed by atoms with Crippen molar-refractivity contribution in [1.29, 1.82) is 0 Å². The molecule has 1 aromatic heterocycles. The number of halogens is 1. The summed E-state index contributed by atoms with van der Waals surface area (Å²) >= 11 is 3.35. The van der Waals surface area contributed by atoms with E-state index in [0.717, 1.165) is 10.0 Å². The van der Waals surface area contributed by atoms with E-state index < -0.39 is 12.0 Å². The second-order valence-electron chi connectivity index (χ2n) is 4.34. The highest BCUT2D eigenvalue weighted by molar-refractivity contribution is 9.10. The number of furan rings is 1. The highest BCUT2D eigenvalue weighted by Gasteiger charge is 2.10. The minimum Gasteiger partial charge on any atom is -0.475 e. The van der Waals surface area contributed by atoms with Crippen LogP contribution >= 0.6 is 15.9 Å². The van der Waals surface area contributed by atoms with Gasteiger partial charge in [0.2, 0.25) is 5.76 Å². The molecule has 0 atom stereocenters. The maximum absolute atomic E-state index is 11.8.